The van der Waals surface area contributed by atoms with E-state index in [1.807, 2.05) is 0 Å². The van der Waals surface area contributed by atoms with E-state index in [4.69, 9.17) is 9.84 Å². The summed E-state index contributed by atoms with van der Waals surface area (Å²) in [6.07, 6.45) is 17.0. The Morgan fingerprint density at radius 3 is 2.62 bits per heavy atom. The molecule has 0 unspecified atom stereocenters. The lowest BCUT2D eigenvalue weighted by Gasteiger charge is -2.40. The number of aromatic nitrogens is 2. The Kier molecular flexibility index (Phi) is 5.37. The number of benzene rings is 1. The van der Waals surface area contributed by atoms with Crippen LogP contribution in [0.2, 0.25) is 0 Å². The minimum Gasteiger partial charge on any atom is -0.381 e. The molecule has 6 rings (SSSR count). The molecule has 1 atom stereocenters. The largest absolute Gasteiger partial charge is 0.381 e. The number of rotatable bonds is 6. The second-order valence-electron chi connectivity index (χ2n) is 10.7. The summed E-state index contributed by atoms with van der Waals surface area (Å²) in [5.74, 6) is 1.56. The number of nitrogens with zero attached hydrogens (tertiary/aromatic N) is 3. The van der Waals surface area contributed by atoms with Crippen molar-refractivity contribution in [3.63, 3.8) is 0 Å². The van der Waals surface area contributed by atoms with E-state index in [0.29, 0.717) is 18.0 Å². The molecule has 2 aliphatic carbocycles. The molecule has 4 nitrogen and oxygen atoms in total. The third-order valence-electron chi connectivity index (χ3n) is 8.47. The Balaban J connectivity index is 1.39. The van der Waals surface area contributed by atoms with Crippen LogP contribution >= 0.6 is 0 Å². The van der Waals surface area contributed by atoms with Gasteiger partial charge in [-0.25, -0.2) is 0 Å². The molecule has 1 saturated heterocycles. The first-order valence-electron chi connectivity index (χ1n) is 12.9. The number of hydrogen-bond donors (Lipinski definition) is 0. The molecular formula is C28H37N3O. The van der Waals surface area contributed by atoms with Gasteiger partial charge < -0.3 is 9.64 Å². The zero-order valence-electron chi connectivity index (χ0n) is 19.6. The van der Waals surface area contributed by atoms with Crippen molar-refractivity contribution in [2.45, 2.75) is 83.2 Å². The summed E-state index contributed by atoms with van der Waals surface area (Å²) in [5, 5.41) is 4.81. The van der Waals surface area contributed by atoms with Gasteiger partial charge >= 0.3 is 0 Å². The number of ether oxygens (including phenoxy) is 1. The molecule has 0 N–H and O–H groups in total. The summed E-state index contributed by atoms with van der Waals surface area (Å²) >= 11 is 0. The smallest absolute Gasteiger partial charge is 0.0568 e. The normalized spacial score (nSPS) is 24.3. The van der Waals surface area contributed by atoms with Gasteiger partial charge in [0.2, 0.25) is 0 Å². The van der Waals surface area contributed by atoms with Crippen molar-refractivity contribution in [1.82, 2.24) is 9.78 Å². The maximum Gasteiger partial charge on any atom is 0.0568 e. The van der Waals surface area contributed by atoms with Crippen LogP contribution < -0.4 is 4.90 Å². The predicted octanol–water partition coefficient (Wildman–Crippen LogP) is 6.31. The summed E-state index contributed by atoms with van der Waals surface area (Å²) in [7, 11) is 0. The summed E-state index contributed by atoms with van der Waals surface area (Å²) in [6.45, 7) is 8.63. The van der Waals surface area contributed by atoms with Crippen molar-refractivity contribution in [2.24, 2.45) is 11.8 Å². The number of allylic oxidation sites excluding steroid dienone is 1. The minimum atomic E-state index is 0.475. The van der Waals surface area contributed by atoms with E-state index in [-0.39, 0.29) is 0 Å². The van der Waals surface area contributed by atoms with E-state index in [2.05, 4.69) is 47.6 Å². The average molecular weight is 432 g/mol. The van der Waals surface area contributed by atoms with Gasteiger partial charge in [0.15, 0.2) is 0 Å². The Morgan fingerprint density at radius 2 is 1.91 bits per heavy atom. The quantitative estimate of drug-likeness (QED) is 0.537. The lowest BCUT2D eigenvalue weighted by atomic mass is 9.77. The molecular weight excluding hydrogens is 394 g/mol. The molecule has 2 saturated carbocycles. The van der Waals surface area contributed by atoms with Gasteiger partial charge in [-0.15, -0.1) is 0 Å². The summed E-state index contributed by atoms with van der Waals surface area (Å²) in [6, 6.07) is 5.81. The fourth-order valence-corrected chi connectivity index (χ4v) is 6.07. The van der Waals surface area contributed by atoms with E-state index >= 15 is 0 Å². The van der Waals surface area contributed by atoms with Gasteiger partial charge in [0.05, 0.1) is 12.2 Å². The fourth-order valence-electron chi connectivity index (χ4n) is 6.07. The van der Waals surface area contributed by atoms with Crippen LogP contribution in [0.4, 0.5) is 5.69 Å². The van der Waals surface area contributed by atoms with E-state index in [9.17, 15) is 0 Å². The highest BCUT2D eigenvalue weighted by atomic mass is 16.5. The molecule has 32 heavy (non-hydrogen) atoms. The molecule has 0 radical (unpaired) electrons. The second kappa shape index (κ2) is 8.37. The highest BCUT2D eigenvalue weighted by Crippen LogP contribution is 2.46. The van der Waals surface area contributed by atoms with Gasteiger partial charge in [-0.2, -0.15) is 5.10 Å². The molecule has 1 aromatic carbocycles. The molecule has 170 valence electrons. The minimum absolute atomic E-state index is 0.475. The molecule has 3 heterocycles. The maximum atomic E-state index is 5.56. The number of hydrogen-bond acceptors (Lipinski definition) is 3. The summed E-state index contributed by atoms with van der Waals surface area (Å²) < 4.78 is 7.76. The lowest BCUT2D eigenvalue weighted by Crippen LogP contribution is -2.37. The molecule has 2 aliphatic heterocycles. The highest BCUT2D eigenvalue weighted by molar-refractivity contribution is 5.75. The van der Waals surface area contributed by atoms with Crippen molar-refractivity contribution < 1.29 is 4.74 Å². The maximum absolute atomic E-state index is 5.56. The van der Waals surface area contributed by atoms with Crippen molar-refractivity contribution >= 4 is 5.69 Å². The van der Waals surface area contributed by atoms with E-state index in [1.54, 1.807) is 11.1 Å². The number of anilines is 1. The summed E-state index contributed by atoms with van der Waals surface area (Å²) in [4.78, 5) is 2.59. The lowest BCUT2D eigenvalue weighted by molar-refractivity contribution is 0.0662. The Labute approximate surface area is 192 Å². The first-order chi connectivity index (χ1) is 15.7. The zero-order valence-corrected chi connectivity index (χ0v) is 19.6. The molecule has 0 amide bonds. The number of fused-ring (bicyclic) bond motifs is 1. The molecule has 4 aliphatic rings. The topological polar surface area (TPSA) is 30.3 Å². The van der Waals surface area contributed by atoms with Crippen LogP contribution in [0.25, 0.3) is 11.1 Å². The van der Waals surface area contributed by atoms with Crippen LogP contribution in [0.3, 0.4) is 0 Å². The third kappa shape index (κ3) is 3.71. The molecule has 1 aromatic heterocycles. The molecule has 2 aromatic rings. The van der Waals surface area contributed by atoms with Crippen molar-refractivity contribution in [1.29, 1.82) is 0 Å². The van der Waals surface area contributed by atoms with Crippen LogP contribution in [-0.4, -0.2) is 29.0 Å². The highest BCUT2D eigenvalue weighted by Gasteiger charge is 2.35. The van der Waals surface area contributed by atoms with E-state index < -0.39 is 0 Å². The Bertz CT molecular complexity index is 994. The summed E-state index contributed by atoms with van der Waals surface area (Å²) in [5.41, 5.74) is 8.69. The first kappa shape index (κ1) is 20.5. The van der Waals surface area contributed by atoms with Crippen LogP contribution in [0.1, 0.15) is 75.5 Å². The third-order valence-corrected chi connectivity index (χ3v) is 8.47. The molecule has 4 heteroatoms. The van der Waals surface area contributed by atoms with E-state index in [0.717, 1.165) is 32.0 Å². The van der Waals surface area contributed by atoms with Crippen molar-refractivity contribution in [3.8, 4) is 11.1 Å². The zero-order chi connectivity index (χ0) is 21.7. The SMILES string of the molecule is C=C(C1CC1)N1c2ccc(-c3cnn(C4CCOCC4)c3)c(CC3CCC3)c2CC[C@@H]1C. The first-order valence-corrected chi connectivity index (χ1v) is 12.9. The van der Waals surface area contributed by atoms with Crippen molar-refractivity contribution in [2.75, 3.05) is 18.1 Å². The van der Waals surface area contributed by atoms with Crippen molar-refractivity contribution in [3.05, 3.63) is 47.9 Å². The molecule has 3 fully saturated rings. The van der Waals surface area contributed by atoms with Crippen LogP contribution in [0, 0.1) is 11.8 Å². The van der Waals surface area contributed by atoms with Crippen LogP contribution in [0.5, 0.6) is 0 Å². The van der Waals surface area contributed by atoms with Crippen LogP contribution in [0.15, 0.2) is 36.8 Å². The predicted molar refractivity (Wildman–Crippen MR) is 130 cm³/mol. The van der Waals surface area contributed by atoms with Gasteiger partial charge in [0.25, 0.3) is 0 Å². The average Bonchev–Trinajstić information content (AvgIpc) is 3.53. The Hall–Kier alpha value is -2.07. The molecule has 0 bridgehead atoms. The second-order valence-corrected chi connectivity index (χ2v) is 10.7. The van der Waals surface area contributed by atoms with E-state index in [1.165, 1.54) is 73.9 Å². The van der Waals surface area contributed by atoms with Crippen LogP contribution in [-0.2, 0) is 17.6 Å². The van der Waals surface area contributed by atoms with Gasteiger partial charge in [0, 0.05) is 42.4 Å². The monoisotopic (exact) mass is 431 g/mol. The molecule has 0 spiro atoms. The Morgan fingerprint density at radius 1 is 1.09 bits per heavy atom. The van der Waals surface area contributed by atoms with Gasteiger partial charge in [-0.1, -0.05) is 31.9 Å². The van der Waals surface area contributed by atoms with Gasteiger partial charge in [0.1, 0.15) is 0 Å². The standard InChI is InChI=1S/C28H37N3O/c1-19-6-9-26-27(16-21-4-3-5-21)25(10-11-28(26)31(19)20(2)22-7-8-22)23-17-29-30(18-23)24-12-14-32-15-13-24/h10-11,17-19,21-22,24H,2-9,12-16H2,1H3/t19-/m0/s1. The fraction of sp³-hybridized carbons (Fsp3) is 0.607. The van der Waals surface area contributed by atoms with Gasteiger partial charge in [-0.05, 0) is 86.5 Å². The van der Waals surface area contributed by atoms with Gasteiger partial charge in [-0.3, -0.25) is 4.68 Å².